The van der Waals surface area contributed by atoms with E-state index >= 15 is 0 Å². The fraction of sp³-hybridized carbons (Fsp3) is 0.500. The zero-order valence-electron chi connectivity index (χ0n) is 12.6. The number of aryl methyl sites for hydroxylation is 1. The third kappa shape index (κ3) is 4.32. The van der Waals surface area contributed by atoms with Crippen LogP contribution in [0.25, 0.3) is 0 Å². The van der Waals surface area contributed by atoms with Crippen molar-refractivity contribution < 1.29 is 22.0 Å². The maximum absolute atomic E-state index is 13.4. The van der Waals surface area contributed by atoms with Crippen molar-refractivity contribution in [3.05, 3.63) is 34.9 Å². The van der Waals surface area contributed by atoms with E-state index < -0.39 is 23.6 Å². The highest BCUT2D eigenvalue weighted by atomic mass is 19.4. The van der Waals surface area contributed by atoms with Gasteiger partial charge >= 0.3 is 6.18 Å². The monoisotopic (exact) mass is 323 g/mol. The van der Waals surface area contributed by atoms with Crippen LogP contribution in [-0.4, -0.2) is 30.5 Å². The van der Waals surface area contributed by atoms with Gasteiger partial charge in [0.1, 0.15) is 0 Å². The molecule has 3 nitrogen and oxygen atoms in total. The van der Waals surface area contributed by atoms with Crippen LogP contribution in [0, 0.1) is 11.6 Å². The molecule has 0 saturated carbocycles. The SMILES string of the molecule is CCc1cc(F)c(F)cc1CN(CC)/C(=N/NC)C(F)(F)F. The van der Waals surface area contributed by atoms with Crippen molar-refractivity contribution in [2.75, 3.05) is 13.6 Å². The van der Waals surface area contributed by atoms with Gasteiger partial charge in [-0.15, -0.1) is 0 Å². The topological polar surface area (TPSA) is 27.6 Å². The van der Waals surface area contributed by atoms with E-state index in [0.717, 1.165) is 17.0 Å². The summed E-state index contributed by atoms with van der Waals surface area (Å²) in [6.45, 7) is 3.06. The zero-order valence-corrected chi connectivity index (χ0v) is 12.6. The molecule has 0 saturated heterocycles. The van der Waals surface area contributed by atoms with Crippen LogP contribution >= 0.6 is 0 Å². The summed E-state index contributed by atoms with van der Waals surface area (Å²) in [5.74, 6) is -3.20. The Morgan fingerprint density at radius 3 is 2.09 bits per heavy atom. The minimum Gasteiger partial charge on any atom is -0.347 e. The van der Waals surface area contributed by atoms with Crippen LogP contribution in [0.1, 0.15) is 25.0 Å². The molecule has 0 atom stereocenters. The maximum atomic E-state index is 13.4. The lowest BCUT2D eigenvalue weighted by molar-refractivity contribution is -0.0696. The van der Waals surface area contributed by atoms with Crippen molar-refractivity contribution in [3.8, 4) is 0 Å². The van der Waals surface area contributed by atoms with Crippen molar-refractivity contribution in [2.24, 2.45) is 5.10 Å². The number of hydrogen-bond donors (Lipinski definition) is 1. The van der Waals surface area contributed by atoms with Crippen molar-refractivity contribution in [2.45, 2.75) is 33.0 Å². The van der Waals surface area contributed by atoms with Gasteiger partial charge in [0.15, 0.2) is 11.6 Å². The Balaban J connectivity index is 3.19. The molecule has 124 valence electrons. The molecule has 0 aliphatic carbocycles. The number of nitrogens with zero attached hydrogens (tertiary/aromatic N) is 2. The molecular weight excluding hydrogens is 305 g/mol. The van der Waals surface area contributed by atoms with Gasteiger partial charge in [-0.25, -0.2) is 8.78 Å². The first-order valence-corrected chi connectivity index (χ1v) is 6.77. The molecule has 1 aromatic rings. The molecule has 0 unspecified atom stereocenters. The third-order valence-corrected chi connectivity index (χ3v) is 3.14. The number of halogens is 5. The van der Waals surface area contributed by atoms with E-state index in [9.17, 15) is 22.0 Å². The number of hydrazone groups is 1. The summed E-state index contributed by atoms with van der Waals surface area (Å²) < 4.78 is 65.7. The fourth-order valence-corrected chi connectivity index (χ4v) is 2.07. The van der Waals surface area contributed by atoms with Crippen molar-refractivity contribution in [1.29, 1.82) is 0 Å². The van der Waals surface area contributed by atoms with Crippen molar-refractivity contribution in [1.82, 2.24) is 10.3 Å². The normalized spacial score (nSPS) is 12.5. The average molecular weight is 323 g/mol. The Morgan fingerprint density at radius 2 is 1.68 bits per heavy atom. The summed E-state index contributed by atoms with van der Waals surface area (Å²) in [6.07, 6.45) is -4.27. The molecule has 8 heteroatoms. The molecule has 0 spiro atoms. The van der Waals surface area contributed by atoms with E-state index in [1.807, 2.05) is 0 Å². The molecule has 0 aliphatic rings. The van der Waals surface area contributed by atoms with Gasteiger partial charge in [0.2, 0.25) is 5.84 Å². The lowest BCUT2D eigenvalue weighted by atomic mass is 10.0. The quantitative estimate of drug-likeness (QED) is 0.389. The van der Waals surface area contributed by atoms with E-state index in [2.05, 4.69) is 10.5 Å². The predicted octanol–water partition coefficient (Wildman–Crippen LogP) is 3.44. The number of hydrogen-bond acceptors (Lipinski definition) is 2. The maximum Gasteiger partial charge on any atom is 0.451 e. The largest absolute Gasteiger partial charge is 0.451 e. The number of benzene rings is 1. The number of nitrogens with one attached hydrogen (secondary N) is 1. The molecule has 0 heterocycles. The number of rotatable bonds is 5. The van der Waals surface area contributed by atoms with Crippen LogP contribution in [0.4, 0.5) is 22.0 Å². The first-order valence-electron chi connectivity index (χ1n) is 6.77. The second-order valence-corrected chi connectivity index (χ2v) is 4.56. The van der Waals surface area contributed by atoms with E-state index in [1.54, 1.807) is 6.92 Å². The van der Waals surface area contributed by atoms with Gasteiger partial charge in [-0.1, -0.05) is 6.92 Å². The lowest BCUT2D eigenvalue weighted by Crippen LogP contribution is -2.42. The van der Waals surface area contributed by atoms with Crippen LogP contribution in [0.15, 0.2) is 17.2 Å². The summed E-state index contributed by atoms with van der Waals surface area (Å²) in [7, 11) is 1.26. The molecule has 0 radical (unpaired) electrons. The van der Waals surface area contributed by atoms with Crippen molar-refractivity contribution >= 4 is 5.84 Å². The Labute approximate surface area is 125 Å². The zero-order chi connectivity index (χ0) is 16.9. The summed E-state index contributed by atoms with van der Waals surface area (Å²) in [5.41, 5.74) is 2.88. The van der Waals surface area contributed by atoms with Gasteiger partial charge in [-0.05, 0) is 36.6 Å². The average Bonchev–Trinajstić information content (AvgIpc) is 2.44. The summed E-state index contributed by atoms with van der Waals surface area (Å²) >= 11 is 0. The molecule has 0 bridgehead atoms. The van der Waals surface area contributed by atoms with Crippen LogP contribution in [0.2, 0.25) is 0 Å². The second-order valence-electron chi connectivity index (χ2n) is 4.56. The van der Waals surface area contributed by atoms with Gasteiger partial charge in [-0.2, -0.15) is 18.3 Å². The van der Waals surface area contributed by atoms with E-state index in [-0.39, 0.29) is 13.1 Å². The minimum absolute atomic E-state index is 0.0160. The molecule has 1 N–H and O–H groups in total. The lowest BCUT2D eigenvalue weighted by Gasteiger charge is -2.26. The molecule has 0 aliphatic heterocycles. The molecule has 0 fully saturated rings. The van der Waals surface area contributed by atoms with Crippen LogP contribution in [-0.2, 0) is 13.0 Å². The van der Waals surface area contributed by atoms with Crippen LogP contribution < -0.4 is 5.43 Å². The molecular formula is C14H18F5N3. The highest BCUT2D eigenvalue weighted by Gasteiger charge is 2.40. The highest BCUT2D eigenvalue weighted by molar-refractivity contribution is 5.87. The van der Waals surface area contributed by atoms with Gasteiger partial charge in [0, 0.05) is 20.1 Å². The van der Waals surface area contributed by atoms with Crippen LogP contribution in [0.3, 0.4) is 0 Å². The molecule has 0 aromatic heterocycles. The third-order valence-electron chi connectivity index (χ3n) is 3.14. The molecule has 1 rings (SSSR count). The number of amidine groups is 1. The Bertz CT molecular complexity index is 540. The van der Waals surface area contributed by atoms with E-state index in [4.69, 9.17) is 0 Å². The summed E-state index contributed by atoms with van der Waals surface area (Å²) in [4.78, 5) is 0.961. The fourth-order valence-electron chi connectivity index (χ4n) is 2.07. The van der Waals surface area contributed by atoms with E-state index in [1.165, 1.54) is 14.0 Å². The Hall–Kier alpha value is -1.86. The Kier molecular flexibility index (Phi) is 6.13. The van der Waals surface area contributed by atoms with Gasteiger partial charge in [-0.3, -0.25) is 0 Å². The summed E-state index contributed by atoms with van der Waals surface area (Å²) in [6, 6.07) is 1.95. The first kappa shape index (κ1) is 18.2. The van der Waals surface area contributed by atoms with Crippen molar-refractivity contribution in [3.63, 3.8) is 0 Å². The Morgan fingerprint density at radius 1 is 1.14 bits per heavy atom. The molecule has 0 amide bonds. The van der Waals surface area contributed by atoms with Crippen LogP contribution in [0.5, 0.6) is 0 Å². The summed E-state index contributed by atoms with van der Waals surface area (Å²) in [5, 5.41) is 3.26. The molecule has 1 aromatic carbocycles. The smallest absolute Gasteiger partial charge is 0.347 e. The highest BCUT2D eigenvalue weighted by Crippen LogP contribution is 2.23. The predicted molar refractivity (Wildman–Crippen MR) is 74.4 cm³/mol. The molecule has 22 heavy (non-hydrogen) atoms. The van der Waals surface area contributed by atoms with Gasteiger partial charge in [0.05, 0.1) is 0 Å². The first-order chi connectivity index (χ1) is 10.2. The second kappa shape index (κ2) is 7.42. The standard InChI is InChI=1S/C14H18F5N3/c1-4-9-6-11(15)12(16)7-10(9)8-22(5-2)13(21-20-3)14(17,18)19/h6-7,20H,4-5,8H2,1-3H3/b21-13+. The minimum atomic E-state index is -4.65. The number of alkyl halides is 3. The van der Waals surface area contributed by atoms with Gasteiger partial charge < -0.3 is 10.3 Å². The van der Waals surface area contributed by atoms with E-state index in [0.29, 0.717) is 17.5 Å². The van der Waals surface area contributed by atoms with Gasteiger partial charge in [0.25, 0.3) is 0 Å².